The van der Waals surface area contributed by atoms with E-state index in [1.165, 1.54) is 6.08 Å². The maximum Gasteiger partial charge on any atom is 0.307 e. The highest BCUT2D eigenvalue weighted by molar-refractivity contribution is 5.91. The van der Waals surface area contributed by atoms with Gasteiger partial charge >= 0.3 is 5.97 Å². The number of carbonyl (C=O) groups excluding carboxylic acids is 2. The largest absolute Gasteiger partial charge is 0.489 e. The highest BCUT2D eigenvalue weighted by atomic mass is 16.5. The van der Waals surface area contributed by atoms with Gasteiger partial charge < -0.3 is 14.8 Å². The van der Waals surface area contributed by atoms with Crippen LogP contribution in [0.15, 0.2) is 60.7 Å². The van der Waals surface area contributed by atoms with Crippen LogP contribution in [0.2, 0.25) is 0 Å². The molecule has 0 atom stereocenters. The molecule has 0 heterocycles. The van der Waals surface area contributed by atoms with E-state index in [2.05, 4.69) is 5.32 Å². The molecule has 2 aromatic carbocycles. The lowest BCUT2D eigenvalue weighted by atomic mass is 10.2. The number of esters is 1. The maximum absolute atomic E-state index is 11.7. The molecule has 5 heteroatoms. The molecule has 1 N–H and O–H groups in total. The third-order valence-electron chi connectivity index (χ3n) is 3.49. The fourth-order valence-electron chi connectivity index (χ4n) is 2.17. The highest BCUT2D eigenvalue weighted by Gasteiger charge is 2.02. The van der Waals surface area contributed by atoms with E-state index in [0.717, 1.165) is 16.9 Å². The van der Waals surface area contributed by atoms with E-state index >= 15 is 0 Å². The van der Waals surface area contributed by atoms with Crippen molar-refractivity contribution in [2.24, 2.45) is 0 Å². The molecular formula is C21H23NO4. The Bertz CT molecular complexity index is 723. The summed E-state index contributed by atoms with van der Waals surface area (Å²) in [5, 5.41) is 2.64. The lowest BCUT2D eigenvalue weighted by Gasteiger charge is -2.06. The minimum absolute atomic E-state index is 0.168. The summed E-state index contributed by atoms with van der Waals surface area (Å²) in [6.07, 6.45) is 3.31. The standard InChI is InChI=1S/C21H23NO4/c1-2-25-21(24)14-15-22-20(23)13-10-17-8-11-19(12-9-17)26-16-18-6-4-3-5-7-18/h3-13H,2,14-16H2,1H3,(H,22,23)/b13-10+. The Morgan fingerprint density at radius 2 is 1.77 bits per heavy atom. The molecule has 0 fully saturated rings. The molecule has 2 rings (SSSR count). The van der Waals surface area contributed by atoms with Gasteiger partial charge in [-0.05, 0) is 36.3 Å². The van der Waals surface area contributed by atoms with Crippen LogP contribution in [0.4, 0.5) is 0 Å². The van der Waals surface area contributed by atoms with Crippen LogP contribution in [0.5, 0.6) is 5.75 Å². The van der Waals surface area contributed by atoms with E-state index in [9.17, 15) is 9.59 Å². The van der Waals surface area contributed by atoms with Gasteiger partial charge in [0.1, 0.15) is 12.4 Å². The Morgan fingerprint density at radius 1 is 1.04 bits per heavy atom. The van der Waals surface area contributed by atoms with Crippen LogP contribution in [0.3, 0.4) is 0 Å². The van der Waals surface area contributed by atoms with Gasteiger partial charge in [0.15, 0.2) is 0 Å². The Kier molecular flexibility index (Phi) is 7.93. The van der Waals surface area contributed by atoms with Crippen molar-refractivity contribution in [1.82, 2.24) is 5.32 Å². The summed E-state index contributed by atoms with van der Waals surface area (Å²) in [6.45, 7) is 2.86. The smallest absolute Gasteiger partial charge is 0.307 e. The number of nitrogens with one attached hydrogen (secondary N) is 1. The van der Waals surface area contributed by atoms with E-state index < -0.39 is 0 Å². The van der Waals surface area contributed by atoms with Crippen molar-refractivity contribution in [3.8, 4) is 5.75 Å². The Balaban J connectivity index is 1.74. The van der Waals surface area contributed by atoms with Gasteiger partial charge in [0.2, 0.25) is 5.91 Å². The van der Waals surface area contributed by atoms with Gasteiger partial charge in [0.25, 0.3) is 0 Å². The molecule has 0 spiro atoms. The van der Waals surface area contributed by atoms with E-state index in [-0.39, 0.29) is 24.8 Å². The molecular weight excluding hydrogens is 330 g/mol. The van der Waals surface area contributed by atoms with E-state index in [1.807, 2.05) is 54.6 Å². The summed E-state index contributed by atoms with van der Waals surface area (Å²) < 4.78 is 10.5. The lowest BCUT2D eigenvalue weighted by molar-refractivity contribution is -0.142. The third kappa shape index (κ3) is 7.21. The number of rotatable bonds is 9. The van der Waals surface area contributed by atoms with Crippen LogP contribution in [0.1, 0.15) is 24.5 Å². The normalized spacial score (nSPS) is 10.5. The van der Waals surface area contributed by atoms with Gasteiger partial charge in [-0.2, -0.15) is 0 Å². The van der Waals surface area contributed by atoms with Crippen molar-refractivity contribution in [3.63, 3.8) is 0 Å². The summed E-state index contributed by atoms with van der Waals surface area (Å²) >= 11 is 0. The van der Waals surface area contributed by atoms with Gasteiger partial charge in [-0.25, -0.2) is 0 Å². The first-order chi connectivity index (χ1) is 12.7. The molecule has 0 aromatic heterocycles. The van der Waals surface area contributed by atoms with Crippen molar-refractivity contribution in [2.45, 2.75) is 20.0 Å². The van der Waals surface area contributed by atoms with Crippen molar-refractivity contribution >= 4 is 18.0 Å². The molecule has 0 unspecified atom stereocenters. The summed E-state index contributed by atoms with van der Waals surface area (Å²) in [4.78, 5) is 22.9. The molecule has 5 nitrogen and oxygen atoms in total. The van der Waals surface area contributed by atoms with Crippen LogP contribution in [-0.4, -0.2) is 25.0 Å². The molecule has 0 saturated heterocycles. The number of carbonyl (C=O) groups is 2. The van der Waals surface area contributed by atoms with Crippen LogP contribution >= 0.6 is 0 Å². The SMILES string of the molecule is CCOC(=O)CCNC(=O)/C=C/c1ccc(OCc2ccccc2)cc1. The Labute approximate surface area is 153 Å². The minimum Gasteiger partial charge on any atom is -0.489 e. The van der Waals surface area contributed by atoms with Crippen molar-refractivity contribution in [1.29, 1.82) is 0 Å². The molecule has 0 radical (unpaired) electrons. The zero-order chi connectivity index (χ0) is 18.6. The monoisotopic (exact) mass is 353 g/mol. The van der Waals surface area contributed by atoms with E-state index in [4.69, 9.17) is 9.47 Å². The summed E-state index contributed by atoms with van der Waals surface area (Å²) in [6, 6.07) is 17.4. The average molecular weight is 353 g/mol. The lowest BCUT2D eigenvalue weighted by Crippen LogP contribution is -2.24. The van der Waals surface area contributed by atoms with Gasteiger partial charge in [-0.1, -0.05) is 42.5 Å². The summed E-state index contributed by atoms with van der Waals surface area (Å²) in [7, 11) is 0. The van der Waals surface area contributed by atoms with Crippen molar-refractivity contribution < 1.29 is 19.1 Å². The number of amides is 1. The first-order valence-electron chi connectivity index (χ1n) is 8.55. The minimum atomic E-state index is -0.317. The van der Waals surface area contributed by atoms with Crippen molar-refractivity contribution in [3.05, 3.63) is 71.8 Å². The first-order valence-corrected chi connectivity index (χ1v) is 8.55. The van der Waals surface area contributed by atoms with Gasteiger partial charge in [-0.3, -0.25) is 9.59 Å². The summed E-state index contributed by atoms with van der Waals surface area (Å²) in [5.74, 6) is 0.200. The molecule has 2 aromatic rings. The fourth-order valence-corrected chi connectivity index (χ4v) is 2.17. The molecule has 0 saturated carbocycles. The van der Waals surface area contributed by atoms with Crippen molar-refractivity contribution in [2.75, 3.05) is 13.2 Å². The van der Waals surface area contributed by atoms with E-state index in [0.29, 0.717) is 13.2 Å². The predicted molar refractivity (Wildman–Crippen MR) is 101 cm³/mol. The second-order valence-corrected chi connectivity index (χ2v) is 5.52. The topological polar surface area (TPSA) is 64.6 Å². The van der Waals surface area contributed by atoms with Gasteiger partial charge in [0.05, 0.1) is 13.0 Å². The Morgan fingerprint density at radius 3 is 2.46 bits per heavy atom. The second-order valence-electron chi connectivity index (χ2n) is 5.52. The van der Waals surface area contributed by atoms with Crippen LogP contribution in [0.25, 0.3) is 6.08 Å². The molecule has 0 aliphatic rings. The van der Waals surface area contributed by atoms with Crippen LogP contribution in [-0.2, 0) is 20.9 Å². The highest BCUT2D eigenvalue weighted by Crippen LogP contribution is 2.15. The third-order valence-corrected chi connectivity index (χ3v) is 3.49. The molecule has 0 aliphatic heterocycles. The molecule has 0 bridgehead atoms. The predicted octanol–water partition coefficient (Wildman–Crippen LogP) is 3.35. The van der Waals surface area contributed by atoms with Gasteiger partial charge in [-0.15, -0.1) is 0 Å². The van der Waals surface area contributed by atoms with Crippen LogP contribution in [0, 0.1) is 0 Å². The quantitative estimate of drug-likeness (QED) is 0.555. The molecule has 0 aliphatic carbocycles. The maximum atomic E-state index is 11.7. The zero-order valence-electron chi connectivity index (χ0n) is 14.8. The number of ether oxygens (including phenoxy) is 2. The Hall–Kier alpha value is -3.08. The second kappa shape index (κ2) is 10.7. The summed E-state index contributed by atoms with van der Waals surface area (Å²) in [5.41, 5.74) is 1.99. The average Bonchev–Trinajstić information content (AvgIpc) is 2.66. The zero-order valence-corrected chi connectivity index (χ0v) is 14.8. The first kappa shape index (κ1) is 19.2. The molecule has 26 heavy (non-hydrogen) atoms. The number of benzene rings is 2. The van der Waals surface area contributed by atoms with E-state index in [1.54, 1.807) is 13.0 Å². The number of hydrogen-bond donors (Lipinski definition) is 1. The molecule has 136 valence electrons. The van der Waals surface area contributed by atoms with Gasteiger partial charge in [0, 0.05) is 12.6 Å². The number of hydrogen-bond acceptors (Lipinski definition) is 4. The molecule has 1 amide bonds. The van der Waals surface area contributed by atoms with Crippen LogP contribution < -0.4 is 10.1 Å². The fraction of sp³-hybridized carbons (Fsp3) is 0.238.